The van der Waals surface area contributed by atoms with E-state index in [0.717, 1.165) is 12.2 Å². The molecule has 1 aliphatic heterocycles. The van der Waals surface area contributed by atoms with Crippen LogP contribution in [0.2, 0.25) is 0 Å². The minimum atomic E-state index is 0.484. The summed E-state index contributed by atoms with van der Waals surface area (Å²) < 4.78 is 0. The van der Waals surface area contributed by atoms with E-state index in [4.69, 9.17) is 0 Å². The van der Waals surface area contributed by atoms with Crippen molar-refractivity contribution in [3.63, 3.8) is 0 Å². The Hall–Kier alpha value is -0.370. The normalized spacial score (nSPS) is 30.3. The quantitative estimate of drug-likeness (QED) is 0.599. The van der Waals surface area contributed by atoms with Crippen molar-refractivity contribution in [2.75, 3.05) is 11.5 Å². The van der Waals surface area contributed by atoms with Gasteiger partial charge in [0.15, 0.2) is 0 Å². The molecule has 0 fully saturated rings. The summed E-state index contributed by atoms with van der Waals surface area (Å²) in [6, 6.07) is 0. The number of hydrogen-bond acceptors (Lipinski definition) is 2. The van der Waals surface area contributed by atoms with Crippen LogP contribution in [0.4, 0.5) is 0 Å². The third-order valence-electron chi connectivity index (χ3n) is 2.41. The zero-order chi connectivity index (χ0) is 7.84. The van der Waals surface area contributed by atoms with Gasteiger partial charge in [-0.15, -0.1) is 0 Å². The Labute approximate surface area is 71.2 Å². The van der Waals surface area contributed by atoms with Gasteiger partial charge in [-0.05, 0) is 29.4 Å². The van der Waals surface area contributed by atoms with Crippen LogP contribution in [0.5, 0.6) is 0 Å². The molecule has 1 heterocycles. The molecule has 0 aromatic heterocycles. The average Bonchev–Trinajstić information content (AvgIpc) is 2.30. The number of allylic oxidation sites excluding steroid dienone is 2. The molecular formula is C9H12OS. The molecule has 0 aromatic carbocycles. The summed E-state index contributed by atoms with van der Waals surface area (Å²) in [7, 11) is 0. The summed E-state index contributed by atoms with van der Waals surface area (Å²) in [5, 5.41) is 9.49. The largest absolute Gasteiger partial charge is 0.508 e. The molecule has 1 aliphatic carbocycles. The van der Waals surface area contributed by atoms with Crippen LogP contribution in [0, 0.1) is 5.92 Å². The van der Waals surface area contributed by atoms with Crippen molar-refractivity contribution >= 4 is 11.8 Å². The molecule has 2 heteroatoms. The molecule has 2 rings (SSSR count). The van der Waals surface area contributed by atoms with Crippen LogP contribution in [0.3, 0.4) is 0 Å². The van der Waals surface area contributed by atoms with Crippen molar-refractivity contribution in [2.45, 2.75) is 13.3 Å². The molecule has 1 nitrogen and oxygen atoms in total. The van der Waals surface area contributed by atoms with Crippen LogP contribution in [0.1, 0.15) is 13.3 Å². The Balaban J connectivity index is 2.34. The zero-order valence-electron chi connectivity index (χ0n) is 6.63. The van der Waals surface area contributed by atoms with Gasteiger partial charge in [0.2, 0.25) is 0 Å². The van der Waals surface area contributed by atoms with E-state index in [-0.39, 0.29) is 0 Å². The summed E-state index contributed by atoms with van der Waals surface area (Å²) in [5.74, 6) is 3.33. The van der Waals surface area contributed by atoms with Crippen LogP contribution >= 0.6 is 11.8 Å². The molecule has 0 spiro atoms. The minimum absolute atomic E-state index is 0.484. The summed E-state index contributed by atoms with van der Waals surface area (Å²) in [6.07, 6.45) is 3.03. The first-order valence-electron chi connectivity index (χ1n) is 4.00. The first-order chi connectivity index (χ1) is 5.29. The lowest BCUT2D eigenvalue weighted by molar-refractivity contribution is 0.421. The third-order valence-corrected chi connectivity index (χ3v) is 3.42. The van der Waals surface area contributed by atoms with Gasteiger partial charge >= 0.3 is 0 Å². The van der Waals surface area contributed by atoms with Gasteiger partial charge in [-0.2, -0.15) is 11.8 Å². The Kier molecular flexibility index (Phi) is 1.72. The maximum absolute atomic E-state index is 9.49. The van der Waals surface area contributed by atoms with Gasteiger partial charge in [0.1, 0.15) is 5.76 Å². The molecule has 1 atom stereocenters. The van der Waals surface area contributed by atoms with Gasteiger partial charge in [0, 0.05) is 11.7 Å². The van der Waals surface area contributed by atoms with Gasteiger partial charge in [-0.1, -0.05) is 6.92 Å². The second kappa shape index (κ2) is 2.59. The second-order valence-electron chi connectivity index (χ2n) is 3.15. The molecule has 11 heavy (non-hydrogen) atoms. The molecule has 0 bridgehead atoms. The number of thioether (sulfide) groups is 1. The Morgan fingerprint density at radius 2 is 2.45 bits per heavy atom. The van der Waals surface area contributed by atoms with Gasteiger partial charge in [0.05, 0.1) is 0 Å². The van der Waals surface area contributed by atoms with Crippen molar-refractivity contribution in [3.05, 3.63) is 23.0 Å². The lowest BCUT2D eigenvalue weighted by atomic mass is 10.0. The molecule has 0 unspecified atom stereocenters. The average molecular weight is 168 g/mol. The molecule has 0 saturated heterocycles. The van der Waals surface area contributed by atoms with Crippen LogP contribution < -0.4 is 0 Å². The van der Waals surface area contributed by atoms with Crippen molar-refractivity contribution in [1.29, 1.82) is 0 Å². The predicted molar refractivity (Wildman–Crippen MR) is 48.8 cm³/mol. The summed E-state index contributed by atoms with van der Waals surface area (Å²) in [6.45, 7) is 2.16. The summed E-state index contributed by atoms with van der Waals surface area (Å²) >= 11 is 1.97. The second-order valence-corrected chi connectivity index (χ2v) is 4.25. The highest BCUT2D eigenvalue weighted by atomic mass is 32.2. The van der Waals surface area contributed by atoms with Crippen molar-refractivity contribution in [1.82, 2.24) is 0 Å². The lowest BCUT2D eigenvalue weighted by Gasteiger charge is -2.16. The fourth-order valence-electron chi connectivity index (χ4n) is 1.74. The van der Waals surface area contributed by atoms with E-state index in [1.54, 1.807) is 0 Å². The SMILES string of the molecule is C[C@H]1C=C(O)C2=C1CSCC2. The van der Waals surface area contributed by atoms with Gasteiger partial charge in [0.25, 0.3) is 0 Å². The molecule has 0 saturated carbocycles. The molecule has 0 radical (unpaired) electrons. The van der Waals surface area contributed by atoms with Crippen LogP contribution in [-0.4, -0.2) is 16.6 Å². The standard InChI is InChI=1S/C9H12OS/c1-6-4-9(10)7-2-3-11-5-8(6)7/h4,6,10H,2-3,5H2,1H3/t6-/m0/s1. The maximum Gasteiger partial charge on any atom is 0.115 e. The third kappa shape index (κ3) is 1.09. The Bertz CT molecular complexity index is 240. The van der Waals surface area contributed by atoms with E-state index in [1.165, 1.54) is 16.9 Å². The predicted octanol–water partition coefficient (Wildman–Crippen LogP) is 2.51. The highest BCUT2D eigenvalue weighted by molar-refractivity contribution is 7.99. The zero-order valence-corrected chi connectivity index (χ0v) is 7.45. The maximum atomic E-state index is 9.49. The number of aliphatic hydroxyl groups is 1. The van der Waals surface area contributed by atoms with E-state index in [9.17, 15) is 5.11 Å². The van der Waals surface area contributed by atoms with E-state index < -0.39 is 0 Å². The number of aliphatic hydroxyl groups excluding tert-OH is 1. The highest BCUT2D eigenvalue weighted by Gasteiger charge is 2.25. The topological polar surface area (TPSA) is 20.2 Å². The Morgan fingerprint density at radius 1 is 1.64 bits per heavy atom. The molecular weight excluding hydrogens is 156 g/mol. The Morgan fingerprint density at radius 3 is 3.18 bits per heavy atom. The fourth-order valence-corrected chi connectivity index (χ4v) is 2.89. The van der Waals surface area contributed by atoms with E-state index >= 15 is 0 Å². The van der Waals surface area contributed by atoms with Crippen LogP contribution in [-0.2, 0) is 0 Å². The van der Waals surface area contributed by atoms with Crippen molar-refractivity contribution in [2.24, 2.45) is 5.92 Å². The van der Waals surface area contributed by atoms with Crippen molar-refractivity contribution in [3.8, 4) is 0 Å². The van der Waals surface area contributed by atoms with Gasteiger partial charge < -0.3 is 5.11 Å². The van der Waals surface area contributed by atoms with Gasteiger partial charge in [-0.25, -0.2) is 0 Å². The highest BCUT2D eigenvalue weighted by Crippen LogP contribution is 2.37. The first-order valence-corrected chi connectivity index (χ1v) is 5.15. The number of rotatable bonds is 0. The van der Waals surface area contributed by atoms with E-state index in [0.29, 0.717) is 11.7 Å². The summed E-state index contributed by atoms with van der Waals surface area (Å²) in [5.41, 5.74) is 2.69. The number of hydrogen-bond donors (Lipinski definition) is 1. The smallest absolute Gasteiger partial charge is 0.115 e. The first kappa shape index (κ1) is 7.29. The van der Waals surface area contributed by atoms with Crippen LogP contribution in [0.15, 0.2) is 23.0 Å². The molecule has 2 aliphatic rings. The van der Waals surface area contributed by atoms with E-state index in [2.05, 4.69) is 6.92 Å². The summed E-state index contributed by atoms with van der Waals surface area (Å²) in [4.78, 5) is 0. The van der Waals surface area contributed by atoms with Crippen molar-refractivity contribution < 1.29 is 5.11 Å². The monoisotopic (exact) mass is 168 g/mol. The molecule has 0 aromatic rings. The molecule has 0 amide bonds. The van der Waals surface area contributed by atoms with Gasteiger partial charge in [-0.3, -0.25) is 0 Å². The fraction of sp³-hybridized carbons (Fsp3) is 0.556. The molecule has 1 N–H and O–H groups in total. The lowest BCUT2D eigenvalue weighted by Crippen LogP contribution is -2.04. The van der Waals surface area contributed by atoms with Crippen LogP contribution in [0.25, 0.3) is 0 Å². The molecule has 60 valence electrons. The van der Waals surface area contributed by atoms with E-state index in [1.807, 2.05) is 17.8 Å². The minimum Gasteiger partial charge on any atom is -0.508 e.